The van der Waals surface area contributed by atoms with Crippen LogP contribution in [-0.4, -0.2) is 27.8 Å². The van der Waals surface area contributed by atoms with E-state index in [1.807, 2.05) is 36.4 Å². The standard InChI is InChI=1S/C21H19BrN4O3S/c1-3-12-26-19(27)18(23-17-10-8-16(22)9-11-17)24-25-21(26)30-13-14-4-6-15(7-5-14)20(28)29-2/h3-11H,1,12-13H2,2H3,(H,23,24). The molecule has 1 N–H and O–H groups in total. The first-order valence-electron chi connectivity index (χ1n) is 8.93. The molecule has 0 bridgehead atoms. The molecule has 154 valence electrons. The van der Waals surface area contributed by atoms with Gasteiger partial charge in [-0.1, -0.05) is 45.9 Å². The molecule has 0 spiro atoms. The molecule has 0 saturated heterocycles. The number of carbonyl (C=O) groups is 1. The molecule has 1 heterocycles. The Labute approximate surface area is 186 Å². The minimum Gasteiger partial charge on any atom is -0.465 e. The molecule has 0 fully saturated rings. The summed E-state index contributed by atoms with van der Waals surface area (Å²) in [5, 5.41) is 11.8. The Morgan fingerprint density at radius 3 is 2.53 bits per heavy atom. The van der Waals surface area contributed by atoms with Gasteiger partial charge in [-0.25, -0.2) is 4.79 Å². The molecule has 0 saturated carbocycles. The van der Waals surface area contributed by atoms with Crippen LogP contribution in [0, 0.1) is 0 Å². The number of anilines is 2. The summed E-state index contributed by atoms with van der Waals surface area (Å²) >= 11 is 4.76. The van der Waals surface area contributed by atoms with Crippen molar-refractivity contribution in [2.75, 3.05) is 12.4 Å². The van der Waals surface area contributed by atoms with Crippen molar-refractivity contribution in [1.82, 2.24) is 14.8 Å². The molecule has 7 nitrogen and oxygen atoms in total. The predicted octanol–water partition coefficient (Wildman–Crippen LogP) is 4.41. The lowest BCUT2D eigenvalue weighted by Crippen LogP contribution is -2.26. The zero-order chi connectivity index (χ0) is 21.5. The van der Waals surface area contributed by atoms with Gasteiger partial charge in [0.05, 0.1) is 12.7 Å². The van der Waals surface area contributed by atoms with E-state index < -0.39 is 0 Å². The highest BCUT2D eigenvalue weighted by molar-refractivity contribution is 9.10. The molecule has 0 radical (unpaired) electrons. The maximum absolute atomic E-state index is 12.9. The molecule has 30 heavy (non-hydrogen) atoms. The molecule has 2 aromatic carbocycles. The summed E-state index contributed by atoms with van der Waals surface area (Å²) in [6, 6.07) is 14.5. The van der Waals surface area contributed by atoms with E-state index in [1.54, 1.807) is 18.2 Å². The number of esters is 1. The van der Waals surface area contributed by atoms with Crippen molar-refractivity contribution in [3.8, 4) is 0 Å². The predicted molar refractivity (Wildman–Crippen MR) is 121 cm³/mol. The topological polar surface area (TPSA) is 86.1 Å². The minimum atomic E-state index is -0.381. The zero-order valence-electron chi connectivity index (χ0n) is 16.2. The first-order chi connectivity index (χ1) is 14.5. The number of nitrogens with zero attached hydrogens (tertiary/aromatic N) is 3. The zero-order valence-corrected chi connectivity index (χ0v) is 18.6. The van der Waals surface area contributed by atoms with E-state index in [4.69, 9.17) is 4.74 Å². The molecule has 9 heteroatoms. The van der Waals surface area contributed by atoms with Crippen molar-refractivity contribution >= 4 is 45.2 Å². The number of ether oxygens (including phenoxy) is 1. The summed E-state index contributed by atoms with van der Waals surface area (Å²) in [6.45, 7) is 4.04. The van der Waals surface area contributed by atoms with Crippen LogP contribution in [0.15, 0.2) is 75.6 Å². The van der Waals surface area contributed by atoms with Gasteiger partial charge in [0.15, 0.2) is 5.16 Å². The van der Waals surface area contributed by atoms with Crippen LogP contribution >= 0.6 is 27.7 Å². The van der Waals surface area contributed by atoms with E-state index in [1.165, 1.54) is 23.4 Å². The smallest absolute Gasteiger partial charge is 0.337 e. The first kappa shape index (κ1) is 21.8. The van der Waals surface area contributed by atoms with E-state index in [2.05, 4.69) is 38.0 Å². The third-order valence-corrected chi connectivity index (χ3v) is 5.64. The number of rotatable bonds is 8. The number of hydrogen-bond acceptors (Lipinski definition) is 7. The number of thioether (sulfide) groups is 1. The summed E-state index contributed by atoms with van der Waals surface area (Å²) in [4.78, 5) is 24.4. The second-order valence-electron chi connectivity index (χ2n) is 6.14. The van der Waals surface area contributed by atoms with Crippen molar-refractivity contribution in [2.45, 2.75) is 17.5 Å². The van der Waals surface area contributed by atoms with Crippen LogP contribution in [0.3, 0.4) is 0 Å². The van der Waals surface area contributed by atoms with Gasteiger partial charge in [-0.05, 0) is 42.0 Å². The van der Waals surface area contributed by atoms with Crippen molar-refractivity contribution < 1.29 is 9.53 Å². The fourth-order valence-electron chi connectivity index (χ4n) is 2.55. The maximum atomic E-state index is 12.9. The van der Waals surface area contributed by atoms with Crippen LogP contribution in [0.5, 0.6) is 0 Å². The van der Waals surface area contributed by atoms with E-state index in [-0.39, 0.29) is 17.3 Å². The highest BCUT2D eigenvalue weighted by Gasteiger charge is 2.13. The van der Waals surface area contributed by atoms with Gasteiger partial charge in [-0.2, -0.15) is 0 Å². The van der Waals surface area contributed by atoms with Crippen LogP contribution in [0.25, 0.3) is 0 Å². The Morgan fingerprint density at radius 2 is 1.90 bits per heavy atom. The van der Waals surface area contributed by atoms with Crippen LogP contribution in [-0.2, 0) is 17.0 Å². The fraction of sp³-hybridized carbons (Fsp3) is 0.143. The molecule has 0 atom stereocenters. The maximum Gasteiger partial charge on any atom is 0.337 e. The summed E-state index contributed by atoms with van der Waals surface area (Å²) < 4.78 is 7.16. The Bertz CT molecular complexity index is 1100. The minimum absolute atomic E-state index is 0.144. The normalized spacial score (nSPS) is 10.5. The van der Waals surface area contributed by atoms with Gasteiger partial charge < -0.3 is 10.1 Å². The van der Waals surface area contributed by atoms with Crippen LogP contribution in [0.2, 0.25) is 0 Å². The molecule has 0 unspecified atom stereocenters. The van der Waals surface area contributed by atoms with Crippen molar-refractivity contribution in [2.24, 2.45) is 0 Å². The second-order valence-corrected chi connectivity index (χ2v) is 8.00. The van der Waals surface area contributed by atoms with Gasteiger partial charge in [-0.3, -0.25) is 9.36 Å². The number of aromatic nitrogens is 3. The van der Waals surface area contributed by atoms with E-state index in [9.17, 15) is 9.59 Å². The molecule has 0 amide bonds. The van der Waals surface area contributed by atoms with Crippen LogP contribution in [0.4, 0.5) is 11.5 Å². The van der Waals surface area contributed by atoms with Crippen molar-refractivity contribution in [3.63, 3.8) is 0 Å². The molecule has 0 aliphatic heterocycles. The fourth-order valence-corrected chi connectivity index (χ4v) is 3.72. The number of carbonyl (C=O) groups excluding carboxylic acids is 1. The average molecular weight is 487 g/mol. The van der Waals surface area contributed by atoms with Crippen molar-refractivity contribution in [3.05, 3.63) is 87.1 Å². The monoisotopic (exact) mass is 486 g/mol. The first-order valence-corrected chi connectivity index (χ1v) is 10.7. The summed E-state index contributed by atoms with van der Waals surface area (Å²) in [5.74, 6) is 0.325. The van der Waals surface area contributed by atoms with E-state index in [0.29, 0.717) is 23.0 Å². The van der Waals surface area contributed by atoms with Gasteiger partial charge >= 0.3 is 5.97 Å². The Morgan fingerprint density at radius 1 is 1.20 bits per heavy atom. The summed E-state index contributed by atoms with van der Waals surface area (Å²) in [6.07, 6.45) is 1.64. The second kappa shape index (κ2) is 10.2. The van der Waals surface area contributed by atoms with Gasteiger partial charge in [0.2, 0.25) is 5.82 Å². The SMILES string of the molecule is C=CCn1c(SCc2ccc(C(=O)OC)cc2)nnc(Nc2ccc(Br)cc2)c1=O. The summed E-state index contributed by atoms with van der Waals surface area (Å²) in [7, 11) is 1.35. The quantitative estimate of drug-likeness (QED) is 0.286. The third-order valence-electron chi connectivity index (χ3n) is 4.08. The largest absolute Gasteiger partial charge is 0.465 e. The highest BCUT2D eigenvalue weighted by Crippen LogP contribution is 2.21. The number of hydrogen-bond donors (Lipinski definition) is 1. The molecule has 0 aliphatic carbocycles. The Hall–Kier alpha value is -2.91. The molecule has 3 aromatic rings. The lowest BCUT2D eigenvalue weighted by atomic mass is 10.1. The number of benzene rings is 2. The number of allylic oxidation sites excluding steroid dienone is 1. The highest BCUT2D eigenvalue weighted by atomic mass is 79.9. The van der Waals surface area contributed by atoms with E-state index in [0.717, 1.165) is 15.7 Å². The van der Waals surface area contributed by atoms with Gasteiger partial charge in [-0.15, -0.1) is 16.8 Å². The van der Waals surface area contributed by atoms with Gasteiger partial charge in [0.1, 0.15) is 0 Å². The van der Waals surface area contributed by atoms with Crippen molar-refractivity contribution in [1.29, 1.82) is 0 Å². The number of methoxy groups -OCH3 is 1. The lowest BCUT2D eigenvalue weighted by molar-refractivity contribution is 0.0600. The number of nitrogens with one attached hydrogen (secondary N) is 1. The summed E-state index contributed by atoms with van der Waals surface area (Å²) in [5.41, 5.74) is 1.92. The number of halogens is 1. The van der Waals surface area contributed by atoms with Crippen LogP contribution in [0.1, 0.15) is 15.9 Å². The van der Waals surface area contributed by atoms with Gasteiger partial charge in [0, 0.05) is 22.5 Å². The Kier molecular flexibility index (Phi) is 7.42. The van der Waals surface area contributed by atoms with E-state index >= 15 is 0 Å². The molecule has 1 aromatic heterocycles. The lowest BCUT2D eigenvalue weighted by Gasteiger charge is -2.12. The van der Waals surface area contributed by atoms with Gasteiger partial charge in [0.25, 0.3) is 5.56 Å². The molecule has 0 aliphatic rings. The molecule has 3 rings (SSSR count). The molecular weight excluding hydrogens is 468 g/mol. The Balaban J connectivity index is 1.78. The average Bonchev–Trinajstić information content (AvgIpc) is 2.77. The van der Waals surface area contributed by atoms with Crippen LogP contribution < -0.4 is 10.9 Å². The molecular formula is C21H19BrN4O3S. The third kappa shape index (κ3) is 5.37.